The van der Waals surface area contributed by atoms with Gasteiger partial charge in [-0.3, -0.25) is 0 Å². The Labute approximate surface area is 108 Å². The lowest BCUT2D eigenvalue weighted by Gasteiger charge is -2.09. The van der Waals surface area contributed by atoms with Gasteiger partial charge in [-0.25, -0.2) is 9.97 Å². The quantitative estimate of drug-likeness (QED) is 0.597. The van der Waals surface area contributed by atoms with Crippen molar-refractivity contribution < 1.29 is 0 Å². The van der Waals surface area contributed by atoms with Crippen LogP contribution in [-0.4, -0.2) is 47.8 Å². The Morgan fingerprint density at radius 3 is 2.76 bits per heavy atom. The van der Waals surface area contributed by atoms with Gasteiger partial charge in [0.05, 0.1) is 0 Å². The van der Waals surface area contributed by atoms with Gasteiger partial charge < -0.3 is 10.2 Å². The third-order valence-corrected chi connectivity index (χ3v) is 3.04. The van der Waals surface area contributed by atoms with Gasteiger partial charge in [-0.15, -0.1) is 11.8 Å². The van der Waals surface area contributed by atoms with Crippen LogP contribution in [0.15, 0.2) is 11.1 Å². The predicted molar refractivity (Wildman–Crippen MR) is 74.8 cm³/mol. The first-order chi connectivity index (χ1) is 8.11. The van der Waals surface area contributed by atoms with Crippen LogP contribution in [0.3, 0.4) is 0 Å². The van der Waals surface area contributed by atoms with Gasteiger partial charge in [0, 0.05) is 24.5 Å². The summed E-state index contributed by atoms with van der Waals surface area (Å²) in [6, 6.07) is 2.04. The molecular weight excluding hydrogens is 232 g/mol. The fraction of sp³-hybridized carbons (Fsp3) is 0.667. The van der Waals surface area contributed by atoms with Crippen molar-refractivity contribution in [2.24, 2.45) is 0 Å². The molecule has 0 spiro atoms. The summed E-state index contributed by atoms with van der Waals surface area (Å²) in [4.78, 5) is 11.0. The number of nitrogens with zero attached hydrogens (tertiary/aromatic N) is 3. The number of thioether (sulfide) groups is 1. The van der Waals surface area contributed by atoms with Crippen molar-refractivity contribution in [1.82, 2.24) is 14.9 Å². The van der Waals surface area contributed by atoms with Crippen molar-refractivity contribution in [3.05, 3.63) is 11.8 Å². The molecule has 0 saturated heterocycles. The van der Waals surface area contributed by atoms with Crippen molar-refractivity contribution in [2.75, 3.05) is 38.3 Å². The smallest absolute Gasteiger partial charge is 0.223 e. The highest BCUT2D eigenvalue weighted by Crippen LogP contribution is 2.17. The van der Waals surface area contributed by atoms with Crippen molar-refractivity contribution >= 4 is 17.7 Å². The maximum atomic E-state index is 4.49. The molecule has 0 aliphatic rings. The van der Waals surface area contributed by atoms with E-state index in [2.05, 4.69) is 41.2 Å². The van der Waals surface area contributed by atoms with E-state index < -0.39 is 0 Å². The SMILES string of the molecule is CCCNc1nc(C)cc(SCCN(C)C)n1. The average molecular weight is 254 g/mol. The van der Waals surface area contributed by atoms with Crippen LogP contribution >= 0.6 is 11.8 Å². The maximum absolute atomic E-state index is 4.49. The number of hydrogen-bond donors (Lipinski definition) is 1. The summed E-state index contributed by atoms with van der Waals surface area (Å²) in [5, 5.41) is 4.28. The number of nitrogens with one attached hydrogen (secondary N) is 1. The van der Waals surface area contributed by atoms with Crippen LogP contribution in [0.1, 0.15) is 19.0 Å². The number of anilines is 1. The third-order valence-electron chi connectivity index (χ3n) is 2.15. The molecule has 0 aromatic carbocycles. The van der Waals surface area contributed by atoms with E-state index in [1.54, 1.807) is 11.8 Å². The van der Waals surface area contributed by atoms with Crippen LogP contribution in [0, 0.1) is 6.92 Å². The highest BCUT2D eigenvalue weighted by atomic mass is 32.2. The summed E-state index contributed by atoms with van der Waals surface area (Å²) in [7, 11) is 4.17. The Balaban J connectivity index is 2.55. The van der Waals surface area contributed by atoms with Crippen LogP contribution in [0.4, 0.5) is 5.95 Å². The molecular formula is C12H22N4S. The average Bonchev–Trinajstić information content (AvgIpc) is 2.25. The summed E-state index contributed by atoms with van der Waals surface area (Å²) in [6.45, 7) is 6.13. The molecule has 0 aliphatic heterocycles. The van der Waals surface area contributed by atoms with E-state index in [0.29, 0.717) is 0 Å². The fourth-order valence-electron chi connectivity index (χ4n) is 1.26. The lowest BCUT2D eigenvalue weighted by molar-refractivity contribution is 0.437. The fourth-order valence-corrected chi connectivity index (χ4v) is 2.33. The zero-order valence-electron chi connectivity index (χ0n) is 11.2. The van der Waals surface area contributed by atoms with E-state index in [1.807, 2.05) is 13.0 Å². The van der Waals surface area contributed by atoms with Gasteiger partial charge in [-0.1, -0.05) is 6.92 Å². The first kappa shape index (κ1) is 14.3. The molecule has 17 heavy (non-hydrogen) atoms. The lowest BCUT2D eigenvalue weighted by atomic mass is 10.4. The zero-order valence-corrected chi connectivity index (χ0v) is 12.0. The van der Waals surface area contributed by atoms with E-state index in [1.165, 1.54) is 0 Å². The van der Waals surface area contributed by atoms with Gasteiger partial charge in [-0.05, 0) is 33.5 Å². The molecule has 0 bridgehead atoms. The van der Waals surface area contributed by atoms with E-state index in [-0.39, 0.29) is 0 Å². The molecule has 0 radical (unpaired) electrons. The predicted octanol–water partition coefficient (Wildman–Crippen LogP) is 2.26. The third kappa shape index (κ3) is 5.89. The maximum Gasteiger partial charge on any atom is 0.223 e. The second-order valence-electron chi connectivity index (χ2n) is 4.25. The van der Waals surface area contributed by atoms with Crippen molar-refractivity contribution in [2.45, 2.75) is 25.3 Å². The molecule has 1 aromatic rings. The first-order valence-electron chi connectivity index (χ1n) is 5.99. The van der Waals surface area contributed by atoms with Gasteiger partial charge in [0.15, 0.2) is 0 Å². The van der Waals surface area contributed by atoms with E-state index in [9.17, 15) is 0 Å². The first-order valence-corrected chi connectivity index (χ1v) is 6.97. The molecule has 1 N–H and O–H groups in total. The zero-order chi connectivity index (χ0) is 12.7. The van der Waals surface area contributed by atoms with Gasteiger partial charge in [-0.2, -0.15) is 0 Å². The summed E-state index contributed by atoms with van der Waals surface area (Å²) < 4.78 is 0. The van der Waals surface area contributed by atoms with Gasteiger partial charge >= 0.3 is 0 Å². The van der Waals surface area contributed by atoms with Crippen molar-refractivity contribution in [3.8, 4) is 0 Å². The molecule has 0 unspecified atom stereocenters. The molecule has 5 heteroatoms. The van der Waals surface area contributed by atoms with Crippen LogP contribution in [-0.2, 0) is 0 Å². The summed E-state index contributed by atoms with van der Waals surface area (Å²) in [5.41, 5.74) is 1.02. The minimum atomic E-state index is 0.749. The largest absolute Gasteiger partial charge is 0.354 e. The number of hydrogen-bond acceptors (Lipinski definition) is 5. The van der Waals surface area contributed by atoms with Crippen molar-refractivity contribution in [3.63, 3.8) is 0 Å². The van der Waals surface area contributed by atoms with Gasteiger partial charge in [0.25, 0.3) is 0 Å². The Hall–Kier alpha value is -0.810. The number of aryl methyl sites for hydroxylation is 1. The van der Waals surface area contributed by atoms with Crippen LogP contribution in [0.5, 0.6) is 0 Å². The summed E-state index contributed by atoms with van der Waals surface area (Å²) in [5.74, 6) is 1.80. The minimum Gasteiger partial charge on any atom is -0.354 e. The second-order valence-corrected chi connectivity index (χ2v) is 5.36. The summed E-state index contributed by atoms with van der Waals surface area (Å²) >= 11 is 1.78. The molecule has 1 heterocycles. The topological polar surface area (TPSA) is 41.1 Å². The molecule has 0 amide bonds. The Bertz CT molecular complexity index is 341. The molecule has 4 nitrogen and oxygen atoms in total. The minimum absolute atomic E-state index is 0.749. The van der Waals surface area contributed by atoms with Crippen LogP contribution in [0.2, 0.25) is 0 Å². The summed E-state index contributed by atoms with van der Waals surface area (Å²) in [6.07, 6.45) is 1.08. The second kappa shape index (κ2) is 7.50. The van der Waals surface area contributed by atoms with Crippen LogP contribution in [0.25, 0.3) is 0 Å². The van der Waals surface area contributed by atoms with E-state index in [0.717, 1.165) is 41.9 Å². The highest BCUT2D eigenvalue weighted by Gasteiger charge is 2.02. The Morgan fingerprint density at radius 1 is 1.35 bits per heavy atom. The molecule has 0 fully saturated rings. The monoisotopic (exact) mass is 254 g/mol. The Kier molecular flexibility index (Phi) is 6.29. The molecule has 0 saturated carbocycles. The molecule has 1 aromatic heterocycles. The van der Waals surface area contributed by atoms with Crippen molar-refractivity contribution in [1.29, 1.82) is 0 Å². The van der Waals surface area contributed by atoms with Crippen LogP contribution < -0.4 is 5.32 Å². The van der Waals surface area contributed by atoms with Gasteiger partial charge in [0.2, 0.25) is 5.95 Å². The molecule has 0 aliphatic carbocycles. The molecule has 96 valence electrons. The molecule has 1 rings (SSSR count). The van der Waals surface area contributed by atoms with E-state index >= 15 is 0 Å². The highest BCUT2D eigenvalue weighted by molar-refractivity contribution is 7.99. The normalized spacial score (nSPS) is 10.9. The lowest BCUT2D eigenvalue weighted by Crippen LogP contribution is -2.15. The number of rotatable bonds is 7. The van der Waals surface area contributed by atoms with E-state index in [4.69, 9.17) is 0 Å². The standard InChI is InChI=1S/C12H22N4S/c1-5-6-13-12-14-10(2)9-11(15-12)17-8-7-16(3)4/h9H,5-8H2,1-4H3,(H,13,14,15). The Morgan fingerprint density at radius 2 is 2.12 bits per heavy atom. The molecule has 0 atom stereocenters. The van der Waals surface area contributed by atoms with Gasteiger partial charge in [0.1, 0.15) is 5.03 Å². The number of aromatic nitrogens is 2.